The lowest BCUT2D eigenvalue weighted by Crippen LogP contribution is -2.46. The van der Waals surface area contributed by atoms with E-state index in [4.69, 9.17) is 17.5 Å². The van der Waals surface area contributed by atoms with E-state index in [9.17, 15) is 0 Å². The van der Waals surface area contributed by atoms with Crippen LogP contribution in [0.5, 0.6) is 0 Å². The highest BCUT2D eigenvalue weighted by molar-refractivity contribution is 7.79. The molecule has 2 aromatic heterocycles. The molecular formula is C26H34N12O4S. The summed E-state index contributed by atoms with van der Waals surface area (Å²) in [5.41, 5.74) is 6.33. The Balaban J connectivity index is 0.000000782. The van der Waals surface area contributed by atoms with Crippen LogP contribution in [0.4, 0.5) is 34.6 Å². The molecule has 5 rings (SSSR count). The summed E-state index contributed by atoms with van der Waals surface area (Å²) < 4.78 is 41.2. The molecule has 16 nitrogen and oxygen atoms in total. The molecule has 1 aliphatic rings. The number of hydrogen-bond donors (Lipinski definition) is 0. The highest BCUT2D eigenvalue weighted by Gasteiger charge is 2.19. The zero-order valence-electron chi connectivity index (χ0n) is 24.9. The fraction of sp³-hybridized carbons (Fsp3) is 0.385. The van der Waals surface area contributed by atoms with Crippen LogP contribution in [-0.4, -0.2) is 63.3 Å². The molecule has 2 aromatic carbocycles. The number of hydrogen-bond acceptors (Lipinski definition) is 12. The first-order chi connectivity index (χ1) is 20.3. The molecule has 1 fully saturated rings. The van der Waals surface area contributed by atoms with Gasteiger partial charge in [-0.15, -0.1) is 9.36 Å². The van der Waals surface area contributed by atoms with Gasteiger partial charge in [0.25, 0.3) is 0 Å². The van der Waals surface area contributed by atoms with E-state index >= 15 is 0 Å². The Labute approximate surface area is 249 Å². The average Bonchev–Trinajstić information content (AvgIpc) is 3.45. The van der Waals surface area contributed by atoms with Gasteiger partial charge in [0.2, 0.25) is 12.7 Å². The summed E-state index contributed by atoms with van der Waals surface area (Å²) in [7, 11) is 2.35. The SMILES string of the molecule is Cc1cc(N2CCN(c3ccc(/N=N/c4n(C)nc[n+]4C)c(C)c3)CC2)ccc1/N=N/c1n(C)nc[n+]1C.O=S(=O)([O-])[O-]. The number of anilines is 2. The topological polar surface area (TPSA) is 180 Å². The van der Waals surface area contributed by atoms with Gasteiger partial charge in [0, 0.05) is 58.2 Å². The van der Waals surface area contributed by atoms with E-state index in [0.717, 1.165) is 48.7 Å². The monoisotopic (exact) mass is 610 g/mol. The summed E-state index contributed by atoms with van der Waals surface area (Å²) in [5.74, 6) is 1.39. The third-order valence-corrected chi connectivity index (χ3v) is 6.87. The molecular weight excluding hydrogens is 576 g/mol. The Hall–Kier alpha value is -4.61. The lowest BCUT2D eigenvalue weighted by molar-refractivity contribution is -0.659. The second-order valence-corrected chi connectivity index (χ2v) is 10.9. The predicted molar refractivity (Wildman–Crippen MR) is 154 cm³/mol. The summed E-state index contributed by atoms with van der Waals surface area (Å²) in [6, 6.07) is 12.7. The van der Waals surface area contributed by atoms with Crippen LogP contribution in [0.3, 0.4) is 0 Å². The molecule has 0 bridgehead atoms. The number of benzene rings is 2. The molecule has 0 aliphatic carbocycles. The first-order valence-electron chi connectivity index (χ1n) is 13.3. The molecule has 4 aromatic rings. The molecule has 43 heavy (non-hydrogen) atoms. The zero-order chi connectivity index (χ0) is 31.3. The fourth-order valence-corrected chi connectivity index (χ4v) is 4.56. The van der Waals surface area contributed by atoms with Crippen molar-refractivity contribution in [3.63, 3.8) is 0 Å². The van der Waals surface area contributed by atoms with Gasteiger partial charge in [0.1, 0.15) is 11.4 Å². The minimum atomic E-state index is -5.17. The molecule has 1 saturated heterocycles. The Morgan fingerprint density at radius 3 is 1.33 bits per heavy atom. The van der Waals surface area contributed by atoms with Crippen molar-refractivity contribution < 1.29 is 26.7 Å². The highest BCUT2D eigenvalue weighted by Crippen LogP contribution is 2.29. The Morgan fingerprint density at radius 1 is 0.698 bits per heavy atom. The maximum atomic E-state index is 8.52. The quantitative estimate of drug-likeness (QED) is 0.138. The summed E-state index contributed by atoms with van der Waals surface area (Å²) in [6.07, 6.45) is 3.43. The number of piperazine rings is 1. The fourth-order valence-electron chi connectivity index (χ4n) is 4.56. The maximum absolute atomic E-state index is 8.52. The van der Waals surface area contributed by atoms with Crippen LogP contribution >= 0.6 is 0 Å². The average molecular weight is 611 g/mol. The molecule has 0 N–H and O–H groups in total. The van der Waals surface area contributed by atoms with Crippen molar-refractivity contribution in [2.45, 2.75) is 13.8 Å². The van der Waals surface area contributed by atoms with Crippen LogP contribution in [0.2, 0.25) is 0 Å². The minimum Gasteiger partial charge on any atom is -0.759 e. The van der Waals surface area contributed by atoms with Crippen LogP contribution in [0.1, 0.15) is 11.1 Å². The van der Waals surface area contributed by atoms with Crippen molar-refractivity contribution in [2.75, 3.05) is 36.0 Å². The van der Waals surface area contributed by atoms with Crippen molar-refractivity contribution >= 4 is 45.0 Å². The van der Waals surface area contributed by atoms with Crippen LogP contribution in [-0.2, 0) is 38.6 Å². The molecule has 0 unspecified atom stereocenters. The maximum Gasteiger partial charge on any atom is 0.403 e. The number of azo groups is 2. The van der Waals surface area contributed by atoms with Crippen LogP contribution in [0.15, 0.2) is 69.5 Å². The van der Waals surface area contributed by atoms with E-state index in [1.54, 1.807) is 22.0 Å². The van der Waals surface area contributed by atoms with E-state index in [-0.39, 0.29) is 0 Å². The molecule has 0 saturated carbocycles. The van der Waals surface area contributed by atoms with Gasteiger partial charge in [-0.05, 0) is 71.6 Å². The second-order valence-electron chi connectivity index (χ2n) is 10.1. The zero-order valence-corrected chi connectivity index (χ0v) is 25.7. The van der Waals surface area contributed by atoms with Crippen molar-refractivity contribution in [1.29, 1.82) is 0 Å². The van der Waals surface area contributed by atoms with Crippen LogP contribution in [0.25, 0.3) is 0 Å². The lowest BCUT2D eigenvalue weighted by Gasteiger charge is -2.37. The van der Waals surface area contributed by atoms with E-state index in [1.807, 2.05) is 49.5 Å². The van der Waals surface area contributed by atoms with Gasteiger partial charge in [0.05, 0.1) is 28.2 Å². The van der Waals surface area contributed by atoms with Gasteiger partial charge < -0.3 is 18.9 Å². The number of nitrogens with zero attached hydrogens (tertiary/aromatic N) is 12. The first-order valence-corrected chi connectivity index (χ1v) is 14.6. The molecule has 0 atom stereocenters. The van der Waals surface area contributed by atoms with Gasteiger partial charge in [-0.1, -0.05) is 10.2 Å². The Kier molecular flexibility index (Phi) is 9.57. The number of rotatable bonds is 6. The summed E-state index contributed by atoms with van der Waals surface area (Å²) in [6.45, 7) is 7.94. The lowest BCUT2D eigenvalue weighted by atomic mass is 10.1. The normalized spacial score (nSPS) is 14.0. The number of aryl methyl sites for hydroxylation is 6. The summed E-state index contributed by atoms with van der Waals surface area (Å²) in [4.78, 5) is 4.85. The van der Waals surface area contributed by atoms with Crippen LogP contribution in [0, 0.1) is 13.8 Å². The Bertz CT molecular complexity index is 1590. The van der Waals surface area contributed by atoms with E-state index in [2.05, 4.69) is 78.6 Å². The van der Waals surface area contributed by atoms with E-state index in [0.29, 0.717) is 11.9 Å². The first kappa shape index (κ1) is 31.3. The standard InChI is InChI=1S/C26H34N12.H2O4S/c1-19-15-21(7-9-23(19)29-31-25-33(3)17-27-35(25)5)37-11-13-38(14-12-37)22-8-10-24(20(2)16-22)30-32-26-34(4)18-28-36(26)6;1-5(2,3)4/h7-10,15-18H,11-14H2,1-6H3;(H2,1,2,3,4)/q+2;/p-2. The highest BCUT2D eigenvalue weighted by atomic mass is 32.3. The largest absolute Gasteiger partial charge is 0.759 e. The molecule has 17 heteroatoms. The third kappa shape index (κ3) is 8.24. The molecule has 0 radical (unpaired) electrons. The molecule has 1 aliphatic heterocycles. The van der Waals surface area contributed by atoms with Crippen molar-refractivity contribution in [3.8, 4) is 0 Å². The van der Waals surface area contributed by atoms with E-state index in [1.165, 1.54) is 11.4 Å². The van der Waals surface area contributed by atoms with Crippen molar-refractivity contribution in [2.24, 2.45) is 48.6 Å². The third-order valence-electron chi connectivity index (χ3n) is 6.87. The molecule has 228 valence electrons. The van der Waals surface area contributed by atoms with Crippen LogP contribution < -0.4 is 18.9 Å². The van der Waals surface area contributed by atoms with Crippen molar-refractivity contribution in [1.82, 2.24) is 19.6 Å². The predicted octanol–water partition coefficient (Wildman–Crippen LogP) is 2.24. The second kappa shape index (κ2) is 13.1. The Morgan fingerprint density at radius 2 is 1.05 bits per heavy atom. The van der Waals surface area contributed by atoms with Gasteiger partial charge in [-0.25, -0.2) is 9.13 Å². The van der Waals surface area contributed by atoms with E-state index < -0.39 is 10.4 Å². The smallest absolute Gasteiger partial charge is 0.403 e. The summed E-state index contributed by atoms with van der Waals surface area (Å²) in [5, 5.41) is 26.0. The van der Waals surface area contributed by atoms with Gasteiger partial charge >= 0.3 is 11.9 Å². The van der Waals surface area contributed by atoms with Gasteiger partial charge in [-0.3, -0.25) is 8.42 Å². The van der Waals surface area contributed by atoms with Crippen molar-refractivity contribution in [3.05, 3.63) is 60.2 Å². The number of aromatic nitrogens is 6. The molecule has 3 heterocycles. The van der Waals surface area contributed by atoms with Gasteiger partial charge in [0.15, 0.2) is 0 Å². The van der Waals surface area contributed by atoms with Gasteiger partial charge in [-0.2, -0.15) is 0 Å². The molecule has 0 spiro atoms. The molecule has 0 amide bonds. The summed E-state index contributed by atoms with van der Waals surface area (Å²) >= 11 is 0. The minimum absolute atomic E-state index is 0.693.